The zero-order valence-electron chi connectivity index (χ0n) is 19.5. The van der Waals surface area contributed by atoms with Gasteiger partial charge in [0.05, 0.1) is 5.56 Å². The number of Topliss-reactive ketones (excluding diaryl/α,β-unsaturated/α-hetero) is 2. The van der Waals surface area contributed by atoms with Gasteiger partial charge >= 0.3 is 0 Å². The standard InChI is InChI=1S/C27H26N2O7/c28-26(35)21-18(30)10-16-9-15-8-14-7-13-3-2-12(11-29-4-1-5-29)6-17(13)22(31)19(14)23(32)20(15)24(33)27(16,36)25(21)34/h2-3,6-7,15-16,31-32,34,36H,1,4-5,8-11H2,(H2,28,35)/t15?,16?,27-/m0/s1. The Morgan fingerprint density at radius 3 is 2.53 bits per heavy atom. The monoisotopic (exact) mass is 490 g/mol. The number of likely N-dealkylation sites (tertiary alicyclic amines) is 1. The van der Waals surface area contributed by atoms with Gasteiger partial charge in [-0.1, -0.05) is 18.2 Å². The zero-order valence-corrected chi connectivity index (χ0v) is 19.5. The van der Waals surface area contributed by atoms with Crippen molar-refractivity contribution in [2.24, 2.45) is 17.6 Å². The first-order valence-corrected chi connectivity index (χ1v) is 12.1. The number of primary amides is 1. The van der Waals surface area contributed by atoms with Crippen LogP contribution in [-0.2, 0) is 27.3 Å². The number of hydrogen-bond acceptors (Lipinski definition) is 8. The molecule has 0 bridgehead atoms. The number of rotatable bonds is 3. The molecular formula is C27H26N2O7. The molecule has 0 radical (unpaired) electrons. The molecule has 1 amide bonds. The van der Waals surface area contributed by atoms with Crippen molar-refractivity contribution in [1.29, 1.82) is 0 Å². The molecule has 1 saturated carbocycles. The number of hydrogen-bond donors (Lipinski definition) is 5. The second kappa shape index (κ2) is 7.65. The van der Waals surface area contributed by atoms with Crippen molar-refractivity contribution in [3.8, 4) is 5.75 Å². The van der Waals surface area contributed by atoms with Crippen molar-refractivity contribution in [3.05, 3.63) is 57.9 Å². The quantitative estimate of drug-likeness (QED) is 0.407. The van der Waals surface area contributed by atoms with Crippen molar-refractivity contribution >= 4 is 34.0 Å². The minimum Gasteiger partial charge on any atom is -0.508 e. The first-order valence-electron chi connectivity index (χ1n) is 12.1. The molecule has 3 aliphatic carbocycles. The van der Waals surface area contributed by atoms with Gasteiger partial charge in [-0.2, -0.15) is 0 Å². The van der Waals surface area contributed by atoms with Gasteiger partial charge in [0.15, 0.2) is 11.4 Å². The predicted molar refractivity (Wildman–Crippen MR) is 129 cm³/mol. The summed E-state index contributed by atoms with van der Waals surface area (Å²) in [5.41, 5.74) is 3.55. The van der Waals surface area contributed by atoms with E-state index in [-0.39, 0.29) is 29.7 Å². The molecule has 1 aliphatic heterocycles. The number of benzene rings is 2. The highest BCUT2D eigenvalue weighted by Crippen LogP contribution is 2.52. The molecule has 36 heavy (non-hydrogen) atoms. The lowest BCUT2D eigenvalue weighted by atomic mass is 9.59. The van der Waals surface area contributed by atoms with E-state index in [9.17, 15) is 34.8 Å². The number of amides is 1. The largest absolute Gasteiger partial charge is 0.508 e. The number of phenols is 1. The van der Waals surface area contributed by atoms with Crippen molar-refractivity contribution in [3.63, 3.8) is 0 Å². The first-order chi connectivity index (χ1) is 17.1. The number of ketones is 2. The van der Waals surface area contributed by atoms with Crippen LogP contribution in [0.5, 0.6) is 5.75 Å². The summed E-state index contributed by atoms with van der Waals surface area (Å²) in [5.74, 6) is -6.13. The Bertz CT molecular complexity index is 1450. The molecule has 9 heteroatoms. The van der Waals surface area contributed by atoms with Crippen LogP contribution in [0.1, 0.15) is 36.0 Å². The van der Waals surface area contributed by atoms with E-state index < -0.39 is 52.0 Å². The third kappa shape index (κ3) is 2.99. The number of aliphatic hydroxyl groups excluding tert-OH is 2. The maximum Gasteiger partial charge on any atom is 0.255 e. The molecule has 1 saturated heterocycles. The fraction of sp³-hybridized carbons (Fsp3) is 0.370. The van der Waals surface area contributed by atoms with Gasteiger partial charge < -0.3 is 26.2 Å². The van der Waals surface area contributed by atoms with Crippen molar-refractivity contribution in [2.45, 2.75) is 37.8 Å². The van der Waals surface area contributed by atoms with E-state index in [0.29, 0.717) is 17.4 Å². The Morgan fingerprint density at radius 2 is 1.86 bits per heavy atom. The molecule has 6 rings (SSSR count). The lowest BCUT2D eigenvalue weighted by Gasteiger charge is -2.46. The fourth-order valence-electron chi connectivity index (χ4n) is 6.33. The van der Waals surface area contributed by atoms with Gasteiger partial charge in [-0.25, -0.2) is 0 Å². The molecular weight excluding hydrogens is 464 g/mol. The number of phenolic OH excluding ortho intramolecular Hbond substituents is 1. The second-order valence-electron chi connectivity index (χ2n) is 10.4. The maximum atomic E-state index is 13.6. The highest BCUT2D eigenvalue weighted by atomic mass is 16.3. The molecule has 2 aromatic carbocycles. The SMILES string of the molecule is NC(=O)C1=C(O)[C@@]2(O)C(=O)C3=C(O)c4c(cc5ccc(CN6CCC6)cc5c4O)CC3CC2CC1=O. The number of nitrogens with zero attached hydrogens (tertiary/aromatic N) is 1. The maximum absolute atomic E-state index is 13.6. The summed E-state index contributed by atoms with van der Waals surface area (Å²) in [4.78, 5) is 40.1. The molecule has 2 aromatic rings. The summed E-state index contributed by atoms with van der Waals surface area (Å²) < 4.78 is 0. The second-order valence-corrected chi connectivity index (χ2v) is 10.4. The smallest absolute Gasteiger partial charge is 0.255 e. The normalized spacial score (nSPS) is 28.0. The summed E-state index contributed by atoms with van der Waals surface area (Å²) >= 11 is 0. The van der Waals surface area contributed by atoms with Crippen LogP contribution < -0.4 is 5.73 Å². The summed E-state index contributed by atoms with van der Waals surface area (Å²) in [6.07, 6.45) is 1.25. The van der Waals surface area contributed by atoms with E-state index in [1.165, 1.54) is 0 Å². The Hall–Kier alpha value is -3.69. The first kappa shape index (κ1) is 22.8. The molecule has 186 valence electrons. The van der Waals surface area contributed by atoms with Gasteiger partial charge in [0.1, 0.15) is 22.8 Å². The molecule has 6 N–H and O–H groups in total. The Labute approximate surface area is 206 Å². The van der Waals surface area contributed by atoms with Crippen LogP contribution in [0, 0.1) is 11.8 Å². The van der Waals surface area contributed by atoms with E-state index in [2.05, 4.69) is 4.90 Å². The molecule has 2 fully saturated rings. The predicted octanol–water partition coefficient (Wildman–Crippen LogP) is 1.78. The van der Waals surface area contributed by atoms with E-state index in [4.69, 9.17) is 5.73 Å². The van der Waals surface area contributed by atoms with Gasteiger partial charge in [-0.15, -0.1) is 0 Å². The molecule has 3 atom stereocenters. The lowest BCUT2D eigenvalue weighted by Crippen LogP contribution is -2.58. The average Bonchev–Trinajstić information content (AvgIpc) is 2.78. The van der Waals surface area contributed by atoms with Crippen molar-refractivity contribution < 1.29 is 34.8 Å². The molecule has 4 aliphatic rings. The van der Waals surface area contributed by atoms with Gasteiger partial charge in [0, 0.05) is 29.8 Å². The Morgan fingerprint density at radius 1 is 1.11 bits per heavy atom. The van der Waals surface area contributed by atoms with E-state index >= 15 is 0 Å². The highest BCUT2D eigenvalue weighted by molar-refractivity contribution is 6.22. The highest BCUT2D eigenvalue weighted by Gasteiger charge is 2.60. The minimum atomic E-state index is -2.55. The van der Waals surface area contributed by atoms with Crippen LogP contribution in [0.15, 0.2) is 41.2 Å². The fourth-order valence-corrected chi connectivity index (χ4v) is 6.33. The van der Waals surface area contributed by atoms with Crippen LogP contribution >= 0.6 is 0 Å². The van der Waals surface area contributed by atoms with Crippen LogP contribution in [0.3, 0.4) is 0 Å². The summed E-state index contributed by atoms with van der Waals surface area (Å²) in [5, 5.41) is 45.8. The zero-order chi connectivity index (χ0) is 25.5. The van der Waals surface area contributed by atoms with Crippen molar-refractivity contribution in [1.82, 2.24) is 4.90 Å². The Balaban J connectivity index is 1.48. The van der Waals surface area contributed by atoms with Gasteiger partial charge in [-0.3, -0.25) is 19.3 Å². The van der Waals surface area contributed by atoms with Crippen LogP contribution in [0.4, 0.5) is 0 Å². The molecule has 0 aromatic heterocycles. The van der Waals surface area contributed by atoms with Gasteiger partial charge in [-0.05, 0) is 60.8 Å². The number of aromatic hydroxyl groups is 1. The number of fused-ring (bicyclic) bond motifs is 4. The average molecular weight is 491 g/mol. The molecule has 0 spiro atoms. The molecule has 2 unspecified atom stereocenters. The third-order valence-corrected chi connectivity index (χ3v) is 8.29. The summed E-state index contributed by atoms with van der Waals surface area (Å²) in [7, 11) is 0. The van der Waals surface area contributed by atoms with Crippen molar-refractivity contribution in [2.75, 3.05) is 13.1 Å². The van der Waals surface area contributed by atoms with Crippen LogP contribution in [0.25, 0.3) is 16.5 Å². The molecule has 9 nitrogen and oxygen atoms in total. The van der Waals surface area contributed by atoms with E-state index in [1.807, 2.05) is 24.3 Å². The van der Waals surface area contributed by atoms with Gasteiger partial charge in [0.25, 0.3) is 5.91 Å². The lowest BCUT2D eigenvalue weighted by molar-refractivity contribution is -0.147. The molecule has 1 heterocycles. The van der Waals surface area contributed by atoms with Crippen LogP contribution in [-0.4, -0.2) is 61.5 Å². The topological polar surface area (TPSA) is 161 Å². The summed E-state index contributed by atoms with van der Waals surface area (Å²) in [6.45, 7) is 2.80. The number of nitrogens with two attached hydrogens (primary N) is 1. The third-order valence-electron chi connectivity index (χ3n) is 8.29. The number of carbonyl (C=O) groups is 3. The van der Waals surface area contributed by atoms with Gasteiger partial charge in [0.2, 0.25) is 5.78 Å². The summed E-state index contributed by atoms with van der Waals surface area (Å²) in [6, 6.07) is 7.70. The number of aliphatic hydroxyl groups is 3. The van der Waals surface area contributed by atoms with E-state index in [1.54, 1.807) is 0 Å². The Kier molecular flexibility index (Phi) is 4.84. The van der Waals surface area contributed by atoms with E-state index in [0.717, 1.165) is 37.0 Å². The van der Waals surface area contributed by atoms with Crippen LogP contribution in [0.2, 0.25) is 0 Å². The number of carbonyl (C=O) groups excluding carboxylic acids is 3. The minimum absolute atomic E-state index is 0.121.